The Balaban J connectivity index is 1.64. The average Bonchev–Trinajstić information content (AvgIpc) is 2.93. The topological polar surface area (TPSA) is 103 Å². The van der Waals surface area contributed by atoms with Gasteiger partial charge in [0.15, 0.2) is 11.5 Å². The molecule has 0 radical (unpaired) electrons. The number of hydrogen-bond donors (Lipinski definition) is 3. The number of amides is 2. The largest absolute Gasteiger partial charge is 0.493 e. The van der Waals surface area contributed by atoms with E-state index in [1.54, 1.807) is 87.0 Å². The molecule has 0 fully saturated rings. The number of ether oxygens (including phenoxy) is 2. The van der Waals surface area contributed by atoms with E-state index in [-0.39, 0.29) is 11.8 Å². The van der Waals surface area contributed by atoms with Gasteiger partial charge in [0.05, 0.1) is 25.6 Å². The quantitative estimate of drug-likeness (QED) is 0.166. The molecule has 186 valence electrons. The fourth-order valence-electron chi connectivity index (χ4n) is 3.71. The molecule has 0 aliphatic carbocycles. The minimum absolute atomic E-state index is 0.282. The van der Waals surface area contributed by atoms with Gasteiger partial charge < -0.3 is 25.8 Å². The molecule has 0 aromatic heterocycles. The Labute approximate surface area is 215 Å². The molecule has 37 heavy (non-hydrogen) atoms. The molecule has 4 aromatic carbocycles. The standard InChI is InChI=1S/C30H27N3O4/c1-36-27-17-16-22(19-28(27)37-2)24(30(35)32-23-8-4-3-5-9-23)18-20-12-14-21(15-13-20)29(34)33-26-11-7-6-10-25(26)31/h3-19H,31H2,1-2H3,(H,32,35)(H,33,34)/b24-18-. The lowest BCUT2D eigenvalue weighted by atomic mass is 10.0. The smallest absolute Gasteiger partial charge is 0.256 e. The van der Waals surface area contributed by atoms with Gasteiger partial charge in [-0.3, -0.25) is 9.59 Å². The van der Waals surface area contributed by atoms with Gasteiger partial charge in [-0.2, -0.15) is 0 Å². The third-order valence-electron chi connectivity index (χ3n) is 5.66. The van der Waals surface area contributed by atoms with Crippen molar-refractivity contribution in [1.82, 2.24) is 0 Å². The normalized spacial score (nSPS) is 10.9. The monoisotopic (exact) mass is 493 g/mol. The van der Waals surface area contributed by atoms with Gasteiger partial charge in [-0.25, -0.2) is 0 Å². The van der Waals surface area contributed by atoms with E-state index in [0.717, 1.165) is 5.56 Å². The molecular weight excluding hydrogens is 466 g/mol. The van der Waals surface area contributed by atoms with Gasteiger partial charge in [0.25, 0.3) is 11.8 Å². The van der Waals surface area contributed by atoms with Crippen molar-refractivity contribution in [2.75, 3.05) is 30.6 Å². The maximum atomic E-state index is 13.4. The van der Waals surface area contributed by atoms with E-state index in [0.29, 0.717) is 45.3 Å². The maximum Gasteiger partial charge on any atom is 0.256 e. The van der Waals surface area contributed by atoms with Gasteiger partial charge in [-0.1, -0.05) is 48.5 Å². The van der Waals surface area contributed by atoms with Gasteiger partial charge in [-0.05, 0) is 65.7 Å². The molecule has 0 saturated heterocycles. The highest BCUT2D eigenvalue weighted by Crippen LogP contribution is 2.32. The Hall–Kier alpha value is -5.04. The summed E-state index contributed by atoms with van der Waals surface area (Å²) in [6.45, 7) is 0. The maximum absolute atomic E-state index is 13.4. The highest BCUT2D eigenvalue weighted by atomic mass is 16.5. The number of hydrogen-bond acceptors (Lipinski definition) is 5. The van der Waals surface area contributed by atoms with E-state index < -0.39 is 0 Å². The number of nitrogens with one attached hydrogen (secondary N) is 2. The van der Waals surface area contributed by atoms with E-state index in [9.17, 15) is 9.59 Å². The minimum atomic E-state index is -0.292. The molecule has 7 heteroatoms. The number of benzene rings is 4. The fourth-order valence-corrected chi connectivity index (χ4v) is 3.71. The van der Waals surface area contributed by atoms with Crippen molar-refractivity contribution in [1.29, 1.82) is 0 Å². The van der Waals surface area contributed by atoms with Gasteiger partial charge >= 0.3 is 0 Å². The second-order valence-corrected chi connectivity index (χ2v) is 8.11. The zero-order valence-electron chi connectivity index (χ0n) is 20.5. The number of methoxy groups -OCH3 is 2. The van der Waals surface area contributed by atoms with Gasteiger partial charge in [0.2, 0.25) is 0 Å². The predicted octanol–water partition coefficient (Wildman–Crippen LogP) is 5.72. The van der Waals surface area contributed by atoms with Crippen molar-refractivity contribution in [3.05, 3.63) is 114 Å². The molecule has 0 aliphatic rings. The molecular formula is C30H27N3O4. The number of anilines is 3. The fraction of sp³-hybridized carbons (Fsp3) is 0.0667. The Kier molecular flexibility index (Phi) is 7.85. The van der Waals surface area contributed by atoms with Crippen molar-refractivity contribution >= 4 is 40.5 Å². The number of nitrogen functional groups attached to an aromatic ring is 1. The van der Waals surface area contributed by atoms with Crippen LogP contribution in [0.15, 0.2) is 97.1 Å². The van der Waals surface area contributed by atoms with E-state index in [4.69, 9.17) is 15.2 Å². The first-order valence-electron chi connectivity index (χ1n) is 11.5. The Morgan fingerprint density at radius 3 is 2.05 bits per heavy atom. The lowest BCUT2D eigenvalue weighted by molar-refractivity contribution is -0.111. The molecule has 0 unspecified atom stereocenters. The van der Waals surface area contributed by atoms with Crippen molar-refractivity contribution in [3.63, 3.8) is 0 Å². The van der Waals surface area contributed by atoms with Crippen LogP contribution in [-0.4, -0.2) is 26.0 Å². The van der Waals surface area contributed by atoms with Gasteiger partial charge in [-0.15, -0.1) is 0 Å². The van der Waals surface area contributed by atoms with Crippen LogP contribution in [0.2, 0.25) is 0 Å². The van der Waals surface area contributed by atoms with E-state index >= 15 is 0 Å². The summed E-state index contributed by atoms with van der Waals surface area (Å²) in [5.74, 6) is 0.490. The molecule has 2 amide bonds. The Bertz CT molecular complexity index is 1430. The van der Waals surface area contributed by atoms with Crippen molar-refractivity contribution in [2.45, 2.75) is 0 Å². The highest BCUT2D eigenvalue weighted by Gasteiger charge is 2.16. The van der Waals surface area contributed by atoms with E-state index in [1.807, 2.05) is 30.3 Å². The third-order valence-corrected chi connectivity index (χ3v) is 5.66. The summed E-state index contributed by atoms with van der Waals surface area (Å²) in [6, 6.07) is 28.5. The summed E-state index contributed by atoms with van der Waals surface area (Å²) >= 11 is 0. The van der Waals surface area contributed by atoms with E-state index in [2.05, 4.69) is 10.6 Å². The summed E-state index contributed by atoms with van der Waals surface area (Å²) in [6.07, 6.45) is 1.76. The zero-order valence-corrected chi connectivity index (χ0v) is 20.5. The summed E-state index contributed by atoms with van der Waals surface area (Å²) in [5.41, 5.74) is 9.89. The first kappa shape index (κ1) is 25.1. The summed E-state index contributed by atoms with van der Waals surface area (Å²) in [4.78, 5) is 26.0. The van der Waals surface area contributed by atoms with Crippen LogP contribution in [0, 0.1) is 0 Å². The Morgan fingerprint density at radius 2 is 1.38 bits per heavy atom. The van der Waals surface area contributed by atoms with Gasteiger partial charge in [0, 0.05) is 16.8 Å². The molecule has 0 bridgehead atoms. The van der Waals surface area contributed by atoms with Crippen LogP contribution in [0.1, 0.15) is 21.5 Å². The highest BCUT2D eigenvalue weighted by molar-refractivity contribution is 6.29. The number of nitrogens with two attached hydrogens (primary N) is 1. The number of para-hydroxylation sites is 3. The molecule has 4 rings (SSSR count). The SMILES string of the molecule is COc1ccc(/C(=C/c2ccc(C(=O)Nc3ccccc3N)cc2)C(=O)Nc2ccccc2)cc1OC. The predicted molar refractivity (Wildman–Crippen MR) is 148 cm³/mol. The second kappa shape index (κ2) is 11.6. The molecule has 0 atom stereocenters. The first-order valence-corrected chi connectivity index (χ1v) is 11.5. The van der Waals surface area contributed by atoms with Crippen LogP contribution in [-0.2, 0) is 4.79 Å². The molecule has 0 heterocycles. The lowest BCUT2D eigenvalue weighted by Crippen LogP contribution is -2.14. The van der Waals surface area contributed by atoms with Crippen LogP contribution in [0.4, 0.5) is 17.1 Å². The van der Waals surface area contributed by atoms with Crippen LogP contribution >= 0.6 is 0 Å². The van der Waals surface area contributed by atoms with Crippen molar-refractivity contribution in [3.8, 4) is 11.5 Å². The molecule has 0 spiro atoms. The molecule has 4 N–H and O–H groups in total. The first-order chi connectivity index (χ1) is 18.0. The van der Waals surface area contributed by atoms with Crippen LogP contribution in [0.5, 0.6) is 11.5 Å². The van der Waals surface area contributed by atoms with Crippen molar-refractivity contribution in [2.24, 2.45) is 0 Å². The third kappa shape index (κ3) is 6.15. The summed E-state index contributed by atoms with van der Waals surface area (Å²) in [7, 11) is 3.10. The average molecular weight is 494 g/mol. The van der Waals surface area contributed by atoms with Crippen LogP contribution < -0.4 is 25.8 Å². The minimum Gasteiger partial charge on any atom is -0.493 e. The van der Waals surface area contributed by atoms with Gasteiger partial charge in [0.1, 0.15) is 0 Å². The van der Waals surface area contributed by atoms with E-state index in [1.165, 1.54) is 0 Å². The number of rotatable bonds is 8. The number of carbonyl (C=O) groups is 2. The summed E-state index contributed by atoms with van der Waals surface area (Å²) < 4.78 is 10.8. The Morgan fingerprint density at radius 1 is 0.730 bits per heavy atom. The summed E-state index contributed by atoms with van der Waals surface area (Å²) in [5, 5.41) is 5.75. The zero-order chi connectivity index (χ0) is 26.2. The number of carbonyl (C=O) groups excluding carboxylic acids is 2. The lowest BCUT2D eigenvalue weighted by Gasteiger charge is -2.13. The van der Waals surface area contributed by atoms with Crippen LogP contribution in [0.3, 0.4) is 0 Å². The molecule has 0 aliphatic heterocycles. The van der Waals surface area contributed by atoms with Crippen LogP contribution in [0.25, 0.3) is 11.6 Å². The molecule has 7 nitrogen and oxygen atoms in total. The van der Waals surface area contributed by atoms with Crippen molar-refractivity contribution < 1.29 is 19.1 Å². The molecule has 0 saturated carbocycles. The second-order valence-electron chi connectivity index (χ2n) is 8.11. The molecule has 4 aromatic rings.